The first kappa shape index (κ1) is 104. The number of ether oxygens (including phenoxy) is 24. The number of rotatable bonds is 82. The Morgan fingerprint density at radius 1 is 0.254 bits per heavy atom. The molecular formula is C89H132N4O29. The summed E-state index contributed by atoms with van der Waals surface area (Å²) in [5.41, 5.74) is 6.75. The molecule has 122 heavy (non-hydrogen) atoms. The van der Waals surface area contributed by atoms with E-state index in [1.165, 1.54) is 0 Å². The second-order valence-electron chi connectivity index (χ2n) is 26.8. The highest BCUT2D eigenvalue weighted by molar-refractivity contribution is 5.98. The average molecular weight is 1720 g/mol. The number of carbonyl (C=O) groups is 4. The van der Waals surface area contributed by atoms with Gasteiger partial charge in [0.1, 0.15) is 6.10 Å². The molecule has 0 fully saturated rings. The molecule has 33 heteroatoms. The van der Waals surface area contributed by atoms with Crippen molar-refractivity contribution >= 4 is 35.0 Å². The van der Waals surface area contributed by atoms with Gasteiger partial charge in [-0.2, -0.15) is 0 Å². The lowest BCUT2D eigenvalue weighted by Gasteiger charge is -2.26. The van der Waals surface area contributed by atoms with Gasteiger partial charge in [0.25, 0.3) is 0 Å². The summed E-state index contributed by atoms with van der Waals surface area (Å²) in [6.45, 7) is 21.3. The van der Waals surface area contributed by atoms with Gasteiger partial charge < -0.3 is 139 Å². The molecule has 33 nitrogen and oxygen atoms in total. The summed E-state index contributed by atoms with van der Waals surface area (Å²) < 4.78 is 133. The lowest BCUT2D eigenvalue weighted by atomic mass is 10.0. The van der Waals surface area contributed by atoms with Crippen LogP contribution in [0.1, 0.15) is 59.1 Å². The fraction of sp³-hybridized carbons (Fsp3) is 0.640. The van der Waals surface area contributed by atoms with Gasteiger partial charge >= 0.3 is 0 Å². The quantitative estimate of drug-likeness (QED) is 0.0406. The molecule has 0 saturated heterocycles. The normalized spacial score (nSPS) is 12.2. The van der Waals surface area contributed by atoms with Crippen LogP contribution in [0, 0.1) is 23.7 Å². The van der Waals surface area contributed by atoms with Crippen molar-refractivity contribution < 1.29 is 138 Å². The van der Waals surface area contributed by atoms with Gasteiger partial charge in [-0.05, 0) is 47.5 Å². The van der Waals surface area contributed by atoms with Gasteiger partial charge in [0, 0.05) is 61.0 Å². The van der Waals surface area contributed by atoms with Crippen molar-refractivity contribution in [1.29, 1.82) is 0 Å². The van der Waals surface area contributed by atoms with E-state index in [9.17, 15) is 24.3 Å². The molecule has 682 valence electrons. The minimum Gasteiger partial charge on any atom is -0.388 e. The van der Waals surface area contributed by atoms with Crippen molar-refractivity contribution in [3.05, 3.63) is 130 Å². The predicted molar refractivity (Wildman–Crippen MR) is 450 cm³/mol. The van der Waals surface area contributed by atoms with Gasteiger partial charge in [-0.3, -0.25) is 19.2 Å². The Morgan fingerprint density at radius 3 is 0.680 bits per heavy atom. The second kappa shape index (κ2) is 74.2. The van der Waals surface area contributed by atoms with E-state index in [-0.39, 0.29) is 62.5 Å². The molecule has 2 aliphatic rings. The van der Waals surface area contributed by atoms with E-state index in [1.807, 2.05) is 97.1 Å². The molecule has 0 unspecified atom stereocenters. The molecule has 4 amide bonds. The number of para-hydroxylation sites is 2. The number of aliphatic hydroxyl groups is 1. The minimum atomic E-state index is -0.759. The standard InChI is InChI=1S/C89H132N4O29/c94-83(75-121-71-69-119-67-65-117-63-61-115-59-57-113-55-53-111-51-49-109-47-45-107-43-41-105-39-37-103-35-33-101-31-29-99-27-25-90-86(95)21-23-88(97)92-73-81-13-3-1-9-77(81)17-19-79-11-5-7-15-84(79)92)76-122-72-70-120-68-66-118-64-62-116-60-58-114-56-54-112-52-50-110-48-46-108-44-42-106-40-38-104-36-34-102-32-30-100-28-26-91-87(96)22-24-89(98)93-74-82-14-4-2-10-78(82)18-20-80-12-6-8-16-85(80)93/h1-16,83,94H,21-76H2,(H,90,95)(H,91,96). The summed E-state index contributed by atoms with van der Waals surface area (Å²) in [5, 5.41) is 15.8. The summed E-state index contributed by atoms with van der Waals surface area (Å²) in [4.78, 5) is 55.2. The fourth-order valence-corrected chi connectivity index (χ4v) is 11.2. The Labute approximate surface area is 719 Å². The first-order chi connectivity index (χ1) is 60.4. The molecule has 3 N–H and O–H groups in total. The van der Waals surface area contributed by atoms with E-state index in [0.717, 1.165) is 44.8 Å². The third-order valence-corrected chi connectivity index (χ3v) is 17.4. The number of aliphatic hydroxyl groups excluding tert-OH is 1. The number of amides is 4. The molecule has 4 aromatic carbocycles. The van der Waals surface area contributed by atoms with Crippen molar-refractivity contribution in [2.24, 2.45) is 0 Å². The van der Waals surface area contributed by atoms with Gasteiger partial charge in [0.2, 0.25) is 23.6 Å². The van der Waals surface area contributed by atoms with E-state index in [1.54, 1.807) is 9.80 Å². The van der Waals surface area contributed by atoms with Gasteiger partial charge in [-0.25, -0.2) is 0 Å². The lowest BCUT2D eigenvalue weighted by molar-refractivity contribution is -0.125. The van der Waals surface area contributed by atoms with Crippen LogP contribution in [0.2, 0.25) is 0 Å². The number of carbonyl (C=O) groups excluding carboxylic acids is 4. The van der Waals surface area contributed by atoms with Crippen molar-refractivity contribution in [3.8, 4) is 23.7 Å². The molecule has 4 aromatic rings. The molecule has 2 aliphatic heterocycles. The Kier molecular flexibility index (Phi) is 63.0. The van der Waals surface area contributed by atoms with Gasteiger partial charge in [-0.15, -0.1) is 0 Å². The molecule has 2 heterocycles. The van der Waals surface area contributed by atoms with Crippen LogP contribution in [0.4, 0.5) is 11.4 Å². The minimum absolute atomic E-state index is 0.0736. The average Bonchev–Trinajstić information content (AvgIpc) is 0.810. The van der Waals surface area contributed by atoms with Crippen molar-refractivity contribution in [2.45, 2.75) is 44.9 Å². The maximum Gasteiger partial charge on any atom is 0.227 e. The molecule has 6 rings (SSSR count). The Morgan fingerprint density at radius 2 is 0.443 bits per heavy atom. The van der Waals surface area contributed by atoms with Crippen LogP contribution in [0.3, 0.4) is 0 Å². The predicted octanol–water partition coefficient (Wildman–Crippen LogP) is 4.43. The number of anilines is 2. The lowest BCUT2D eigenvalue weighted by Crippen LogP contribution is -2.34. The molecule has 0 radical (unpaired) electrons. The zero-order valence-corrected chi connectivity index (χ0v) is 71.2. The first-order valence-corrected chi connectivity index (χ1v) is 42.4. The zero-order valence-electron chi connectivity index (χ0n) is 71.2. The smallest absolute Gasteiger partial charge is 0.227 e. The van der Waals surface area contributed by atoms with Crippen molar-refractivity contribution in [1.82, 2.24) is 10.6 Å². The topological polar surface area (TPSA) is 341 Å². The summed E-state index contributed by atoms with van der Waals surface area (Å²) in [7, 11) is 0. The van der Waals surface area contributed by atoms with Gasteiger partial charge in [0.05, 0.1) is 342 Å². The molecule has 0 aromatic heterocycles. The largest absolute Gasteiger partial charge is 0.388 e. The monoisotopic (exact) mass is 1720 g/mol. The second-order valence-corrected chi connectivity index (χ2v) is 26.8. The van der Waals surface area contributed by atoms with E-state index < -0.39 is 6.10 Å². The Balaban J connectivity index is 0.528. The number of nitrogens with zero attached hydrogens (tertiary/aromatic N) is 2. The Bertz CT molecular complexity index is 3220. The number of benzene rings is 4. The maximum atomic E-state index is 13.4. The number of hydrogen-bond donors (Lipinski definition) is 3. The van der Waals surface area contributed by atoms with E-state index in [0.29, 0.717) is 330 Å². The van der Waals surface area contributed by atoms with E-state index in [2.05, 4.69) is 34.3 Å². The number of fused-ring (bicyclic) bond motifs is 4. The Hall–Kier alpha value is -7.12. The van der Waals surface area contributed by atoms with Gasteiger partial charge in [-0.1, -0.05) is 84.3 Å². The van der Waals surface area contributed by atoms with Crippen LogP contribution in [0.15, 0.2) is 97.1 Å². The molecule has 0 bridgehead atoms. The first-order valence-electron chi connectivity index (χ1n) is 42.4. The highest BCUT2D eigenvalue weighted by Gasteiger charge is 2.24. The third-order valence-electron chi connectivity index (χ3n) is 17.4. The van der Waals surface area contributed by atoms with E-state index >= 15 is 0 Å². The molecule has 0 aliphatic carbocycles. The van der Waals surface area contributed by atoms with Crippen LogP contribution >= 0.6 is 0 Å². The molecule has 0 atom stereocenters. The van der Waals surface area contributed by atoms with Crippen LogP contribution < -0.4 is 20.4 Å². The highest BCUT2D eigenvalue weighted by Crippen LogP contribution is 2.28. The molecule has 0 spiro atoms. The van der Waals surface area contributed by atoms with Gasteiger partial charge in [0.15, 0.2) is 0 Å². The van der Waals surface area contributed by atoms with Crippen LogP contribution in [-0.2, 0) is 146 Å². The summed E-state index contributed by atoms with van der Waals surface area (Å²) in [6, 6.07) is 30.7. The number of nitrogens with one attached hydrogen (secondary N) is 2. The van der Waals surface area contributed by atoms with Crippen molar-refractivity contribution in [3.63, 3.8) is 0 Å². The fourth-order valence-electron chi connectivity index (χ4n) is 11.2. The molecular weight excluding hydrogens is 1590 g/mol. The maximum absolute atomic E-state index is 13.4. The zero-order chi connectivity index (χ0) is 85.8. The highest BCUT2D eigenvalue weighted by atomic mass is 16.6. The van der Waals surface area contributed by atoms with Crippen LogP contribution in [0.25, 0.3) is 0 Å². The van der Waals surface area contributed by atoms with Crippen molar-refractivity contribution in [2.75, 3.05) is 340 Å². The number of hydrogen-bond acceptors (Lipinski definition) is 29. The summed E-state index contributed by atoms with van der Waals surface area (Å²) in [5.74, 6) is 12.1. The summed E-state index contributed by atoms with van der Waals surface area (Å²) in [6.07, 6.45) is -0.461. The van der Waals surface area contributed by atoms with Crippen LogP contribution in [-0.4, -0.2) is 365 Å². The third kappa shape index (κ3) is 53.3. The SMILES string of the molecule is O=C(CCC(=O)N1Cc2ccccc2C#Cc2ccccc21)NCCOCCOCCOCCOCCOCCOCCOCCOCCOCCOCCOCCOCC(O)COCCOCCOCCOCCOCCOCCOCCOCCOCCOCCOCCOCCNC(=O)CCC(=O)N1Cc2ccccc2C#Cc2ccccc21. The molecule has 0 saturated carbocycles. The van der Waals surface area contributed by atoms with Crippen LogP contribution in [0.5, 0.6) is 0 Å². The summed E-state index contributed by atoms with van der Waals surface area (Å²) >= 11 is 0. The van der Waals surface area contributed by atoms with E-state index in [4.69, 9.17) is 114 Å².